The fraction of sp³-hybridized carbons (Fsp3) is 0.556. The van der Waals surface area contributed by atoms with Gasteiger partial charge in [-0.2, -0.15) is 0 Å². The molecule has 0 bridgehead atoms. The molecule has 0 heterocycles. The van der Waals surface area contributed by atoms with Crippen molar-refractivity contribution < 1.29 is 19.1 Å². The van der Waals surface area contributed by atoms with Gasteiger partial charge in [-0.15, -0.1) is 0 Å². The van der Waals surface area contributed by atoms with E-state index in [-0.39, 0.29) is 30.1 Å². The second-order valence-corrected chi connectivity index (χ2v) is 8.49. The molecule has 0 aliphatic carbocycles. The van der Waals surface area contributed by atoms with Gasteiger partial charge in [0.05, 0.1) is 0 Å². The molecule has 0 aliphatic rings. The van der Waals surface area contributed by atoms with Gasteiger partial charge in [-0.05, 0) is 43.9 Å². The molecule has 6 heteroatoms. The molecule has 0 saturated carbocycles. The van der Waals surface area contributed by atoms with Crippen LogP contribution in [-0.4, -0.2) is 30.6 Å². The lowest BCUT2D eigenvalue weighted by Crippen LogP contribution is -2.47. The van der Waals surface area contributed by atoms with Gasteiger partial charge in [-0.3, -0.25) is 4.79 Å². The number of carbonyl (C=O) groups excluding carboxylic acids is 2. The number of nitrogens with one attached hydrogen (secondary N) is 1. The number of amides is 1. The Bertz CT molecular complexity index is 579. The number of ether oxygens (including phenoxy) is 2. The van der Waals surface area contributed by atoms with Crippen molar-refractivity contribution in [1.82, 2.24) is 5.32 Å². The molecular weight excluding hydrogens is 374 g/mol. The van der Waals surface area contributed by atoms with E-state index in [1.165, 1.54) is 0 Å². The number of rotatable bonds is 7. The largest absolute Gasteiger partial charge is 0.482 e. The van der Waals surface area contributed by atoms with Gasteiger partial charge in [0.15, 0.2) is 13.2 Å². The molecule has 0 aliphatic heterocycles. The summed E-state index contributed by atoms with van der Waals surface area (Å²) in [6.07, 6.45) is 0.811. The Labute approximate surface area is 152 Å². The summed E-state index contributed by atoms with van der Waals surface area (Å²) in [6, 6.07) is 7.14. The zero-order chi connectivity index (χ0) is 18.4. The van der Waals surface area contributed by atoms with E-state index in [0.717, 1.165) is 10.9 Å². The first-order valence-corrected chi connectivity index (χ1v) is 8.61. The quantitative estimate of drug-likeness (QED) is 0.709. The summed E-state index contributed by atoms with van der Waals surface area (Å²) >= 11 is 3.32. The van der Waals surface area contributed by atoms with Crippen molar-refractivity contribution in [3.63, 3.8) is 0 Å². The minimum atomic E-state index is -0.584. The maximum absolute atomic E-state index is 11.9. The molecule has 1 N–H and O–H groups in total. The van der Waals surface area contributed by atoms with Gasteiger partial charge in [-0.25, -0.2) is 4.79 Å². The van der Waals surface area contributed by atoms with Crippen molar-refractivity contribution >= 4 is 27.8 Å². The zero-order valence-electron chi connectivity index (χ0n) is 14.9. The Hall–Kier alpha value is -1.56. The van der Waals surface area contributed by atoms with Crippen LogP contribution in [0.25, 0.3) is 0 Å². The van der Waals surface area contributed by atoms with Crippen LogP contribution in [0.15, 0.2) is 28.7 Å². The second-order valence-electron chi connectivity index (χ2n) is 7.58. The molecule has 24 heavy (non-hydrogen) atoms. The predicted molar refractivity (Wildman–Crippen MR) is 96.9 cm³/mol. The van der Waals surface area contributed by atoms with E-state index in [9.17, 15) is 9.59 Å². The van der Waals surface area contributed by atoms with Crippen LogP contribution in [0, 0.1) is 5.41 Å². The summed E-state index contributed by atoms with van der Waals surface area (Å²) in [4.78, 5) is 23.6. The van der Waals surface area contributed by atoms with Gasteiger partial charge in [0.2, 0.25) is 0 Å². The highest BCUT2D eigenvalue weighted by Gasteiger charge is 2.27. The van der Waals surface area contributed by atoms with Crippen LogP contribution in [0.5, 0.6) is 5.75 Å². The van der Waals surface area contributed by atoms with Crippen LogP contribution in [-0.2, 0) is 14.3 Å². The van der Waals surface area contributed by atoms with Gasteiger partial charge >= 0.3 is 5.97 Å². The predicted octanol–water partition coefficient (Wildman–Crippen LogP) is 3.70. The molecule has 0 atom stereocenters. The van der Waals surface area contributed by atoms with Crippen LogP contribution in [0.1, 0.15) is 41.0 Å². The summed E-state index contributed by atoms with van der Waals surface area (Å²) in [5, 5.41) is 2.89. The van der Waals surface area contributed by atoms with Crippen molar-refractivity contribution in [2.45, 2.75) is 46.6 Å². The lowest BCUT2D eigenvalue weighted by atomic mass is 9.82. The van der Waals surface area contributed by atoms with Crippen LogP contribution in [0.2, 0.25) is 0 Å². The van der Waals surface area contributed by atoms with Crippen LogP contribution in [0.3, 0.4) is 0 Å². The highest BCUT2D eigenvalue weighted by molar-refractivity contribution is 9.10. The molecule has 0 fully saturated rings. The van der Waals surface area contributed by atoms with Crippen LogP contribution < -0.4 is 10.1 Å². The molecule has 1 aromatic rings. The highest BCUT2D eigenvalue weighted by Crippen LogP contribution is 2.26. The topological polar surface area (TPSA) is 64.6 Å². The monoisotopic (exact) mass is 399 g/mol. The molecule has 134 valence electrons. The molecule has 0 radical (unpaired) electrons. The fourth-order valence-corrected chi connectivity index (χ4v) is 3.05. The standard InChI is InChI=1S/C18H26BrNO4/c1-17(2,3)12-18(4,5)20-15(21)10-24-16(22)11-23-14-8-6-7-13(19)9-14/h6-9H,10-12H2,1-5H3,(H,20,21). The normalized spacial score (nSPS) is 11.8. The van der Waals surface area contributed by atoms with E-state index < -0.39 is 5.97 Å². The maximum Gasteiger partial charge on any atom is 0.344 e. The lowest BCUT2D eigenvalue weighted by molar-refractivity contribution is -0.151. The summed E-state index contributed by atoms with van der Waals surface area (Å²) in [6.45, 7) is 9.69. The Kier molecular flexibility index (Phi) is 7.27. The number of benzene rings is 1. The molecule has 1 rings (SSSR count). The summed E-state index contributed by atoms with van der Waals surface area (Å²) in [5.74, 6) is -0.351. The average Bonchev–Trinajstić information content (AvgIpc) is 2.39. The summed E-state index contributed by atoms with van der Waals surface area (Å²) < 4.78 is 11.1. The van der Waals surface area contributed by atoms with Crippen molar-refractivity contribution in [3.05, 3.63) is 28.7 Å². The SMILES string of the molecule is CC(C)(C)CC(C)(C)NC(=O)COC(=O)COc1cccc(Br)c1. The van der Waals surface area contributed by atoms with Gasteiger partial charge in [0.25, 0.3) is 5.91 Å². The number of hydrogen-bond acceptors (Lipinski definition) is 4. The fourth-order valence-electron chi connectivity index (χ4n) is 2.67. The number of carbonyl (C=O) groups is 2. The lowest BCUT2D eigenvalue weighted by Gasteiger charge is -2.33. The average molecular weight is 400 g/mol. The molecule has 0 spiro atoms. The smallest absolute Gasteiger partial charge is 0.344 e. The van der Waals surface area contributed by atoms with E-state index in [2.05, 4.69) is 42.0 Å². The number of esters is 1. The molecule has 0 aromatic heterocycles. The van der Waals surface area contributed by atoms with E-state index >= 15 is 0 Å². The molecule has 0 saturated heterocycles. The van der Waals surface area contributed by atoms with Crippen molar-refractivity contribution in [2.75, 3.05) is 13.2 Å². The first-order valence-electron chi connectivity index (χ1n) is 7.82. The van der Waals surface area contributed by atoms with Crippen molar-refractivity contribution in [3.8, 4) is 5.75 Å². The minimum Gasteiger partial charge on any atom is -0.482 e. The van der Waals surface area contributed by atoms with Gasteiger partial charge in [0.1, 0.15) is 5.75 Å². The summed E-state index contributed by atoms with van der Waals surface area (Å²) in [5.41, 5.74) is -0.278. The molecule has 1 aromatic carbocycles. The van der Waals surface area contributed by atoms with Crippen molar-refractivity contribution in [1.29, 1.82) is 0 Å². The van der Waals surface area contributed by atoms with Crippen molar-refractivity contribution in [2.24, 2.45) is 5.41 Å². The van der Waals surface area contributed by atoms with E-state index in [1.54, 1.807) is 18.2 Å². The van der Waals surface area contributed by atoms with Gasteiger partial charge in [0, 0.05) is 10.0 Å². The molecule has 5 nitrogen and oxygen atoms in total. The summed E-state index contributed by atoms with van der Waals surface area (Å²) in [7, 11) is 0. The third kappa shape index (κ3) is 8.91. The van der Waals surface area contributed by atoms with Gasteiger partial charge in [-0.1, -0.05) is 42.8 Å². The van der Waals surface area contributed by atoms with E-state index in [4.69, 9.17) is 9.47 Å². The highest BCUT2D eigenvalue weighted by atomic mass is 79.9. The number of hydrogen-bond donors (Lipinski definition) is 1. The van der Waals surface area contributed by atoms with Crippen LogP contribution >= 0.6 is 15.9 Å². The second kappa shape index (κ2) is 8.51. The van der Waals surface area contributed by atoms with E-state index in [0.29, 0.717) is 5.75 Å². The zero-order valence-corrected chi connectivity index (χ0v) is 16.5. The third-order valence-corrected chi connectivity index (χ3v) is 3.46. The molecular formula is C18H26BrNO4. The Morgan fingerprint density at radius 2 is 1.79 bits per heavy atom. The maximum atomic E-state index is 11.9. The Balaban J connectivity index is 2.34. The molecule has 0 unspecified atom stereocenters. The molecule has 1 amide bonds. The Morgan fingerprint density at radius 1 is 1.12 bits per heavy atom. The minimum absolute atomic E-state index is 0.0885. The third-order valence-electron chi connectivity index (χ3n) is 2.97. The van der Waals surface area contributed by atoms with Crippen LogP contribution in [0.4, 0.5) is 0 Å². The first-order chi connectivity index (χ1) is 11.0. The Morgan fingerprint density at radius 3 is 2.38 bits per heavy atom. The first kappa shape index (κ1) is 20.5. The van der Waals surface area contributed by atoms with Gasteiger partial charge < -0.3 is 14.8 Å². The van der Waals surface area contributed by atoms with E-state index in [1.807, 2.05) is 19.9 Å². The number of halogens is 1.